The van der Waals surface area contributed by atoms with Crippen LogP contribution in [0.25, 0.3) is 0 Å². The number of carbonyl (C=O) groups excluding carboxylic acids is 1. The SMILES string of the molecule is CCCCC(CCC)NC(=O)[C@@H]1CCC[C@@H]1C(=O)O. The standard InChI is InChI=1S/C15H27NO3/c1-3-5-8-11(7-4-2)16-14(17)12-9-6-10-13(12)15(18)19/h11-13H,3-10H2,1-2H3,(H,16,17)(H,18,19)/t11?,12-,13+/m1/s1. The molecule has 3 atom stereocenters. The van der Waals surface area contributed by atoms with Gasteiger partial charge >= 0.3 is 5.97 Å². The lowest BCUT2D eigenvalue weighted by molar-refractivity contribution is -0.146. The summed E-state index contributed by atoms with van der Waals surface area (Å²) in [5, 5.41) is 12.2. The summed E-state index contributed by atoms with van der Waals surface area (Å²) in [4.78, 5) is 23.4. The zero-order valence-corrected chi connectivity index (χ0v) is 12.2. The second-order valence-electron chi connectivity index (χ2n) is 5.62. The van der Waals surface area contributed by atoms with Crippen LogP contribution in [0.5, 0.6) is 0 Å². The number of amides is 1. The summed E-state index contributed by atoms with van der Waals surface area (Å²) in [6.45, 7) is 4.25. The van der Waals surface area contributed by atoms with Gasteiger partial charge < -0.3 is 10.4 Å². The molecule has 0 heterocycles. The van der Waals surface area contributed by atoms with Crippen molar-refractivity contribution in [1.29, 1.82) is 0 Å². The van der Waals surface area contributed by atoms with E-state index in [9.17, 15) is 9.59 Å². The topological polar surface area (TPSA) is 66.4 Å². The molecule has 1 fully saturated rings. The monoisotopic (exact) mass is 269 g/mol. The Labute approximate surface area is 116 Å². The quantitative estimate of drug-likeness (QED) is 0.712. The van der Waals surface area contributed by atoms with Crippen LogP contribution < -0.4 is 5.32 Å². The average Bonchev–Trinajstić information content (AvgIpc) is 2.85. The summed E-state index contributed by atoms with van der Waals surface area (Å²) in [6.07, 6.45) is 7.46. The zero-order valence-electron chi connectivity index (χ0n) is 12.2. The molecule has 110 valence electrons. The summed E-state index contributed by atoms with van der Waals surface area (Å²) in [6, 6.07) is 0.215. The Hall–Kier alpha value is -1.06. The first-order chi connectivity index (χ1) is 9.10. The van der Waals surface area contributed by atoms with Gasteiger partial charge in [-0.05, 0) is 25.7 Å². The molecule has 1 amide bonds. The number of hydrogen-bond acceptors (Lipinski definition) is 2. The van der Waals surface area contributed by atoms with E-state index in [1.165, 1.54) is 0 Å². The average molecular weight is 269 g/mol. The molecule has 1 rings (SSSR count). The molecule has 19 heavy (non-hydrogen) atoms. The second kappa shape index (κ2) is 8.18. The summed E-state index contributed by atoms with van der Waals surface area (Å²) < 4.78 is 0. The lowest BCUT2D eigenvalue weighted by Gasteiger charge is -2.22. The molecule has 0 bridgehead atoms. The van der Waals surface area contributed by atoms with Gasteiger partial charge in [-0.25, -0.2) is 0 Å². The Morgan fingerprint density at radius 1 is 1.16 bits per heavy atom. The number of aliphatic carboxylic acids is 1. The number of rotatable bonds is 8. The van der Waals surface area contributed by atoms with Gasteiger partial charge in [-0.2, -0.15) is 0 Å². The third kappa shape index (κ3) is 4.84. The minimum Gasteiger partial charge on any atom is -0.481 e. The van der Waals surface area contributed by atoms with Gasteiger partial charge in [0.05, 0.1) is 11.8 Å². The predicted molar refractivity (Wildman–Crippen MR) is 74.8 cm³/mol. The van der Waals surface area contributed by atoms with E-state index in [2.05, 4.69) is 19.2 Å². The molecule has 1 aliphatic rings. The summed E-state index contributed by atoms with van der Waals surface area (Å²) in [7, 11) is 0. The number of unbranched alkanes of at least 4 members (excludes halogenated alkanes) is 1. The van der Waals surface area contributed by atoms with Crippen molar-refractivity contribution in [2.75, 3.05) is 0 Å². The molecule has 0 spiro atoms. The molecular weight excluding hydrogens is 242 g/mol. The molecule has 2 N–H and O–H groups in total. The van der Waals surface area contributed by atoms with Gasteiger partial charge in [-0.1, -0.05) is 39.5 Å². The van der Waals surface area contributed by atoms with E-state index in [1.807, 2.05) is 0 Å². The number of carbonyl (C=O) groups is 2. The van der Waals surface area contributed by atoms with Gasteiger partial charge in [0.2, 0.25) is 5.91 Å². The van der Waals surface area contributed by atoms with Crippen molar-refractivity contribution in [2.24, 2.45) is 11.8 Å². The first kappa shape index (κ1) is 16.0. The Balaban J connectivity index is 2.52. The number of nitrogens with one attached hydrogen (secondary N) is 1. The summed E-state index contributed by atoms with van der Waals surface area (Å²) in [5.41, 5.74) is 0. The van der Waals surface area contributed by atoms with Gasteiger partial charge in [0, 0.05) is 6.04 Å². The highest BCUT2D eigenvalue weighted by atomic mass is 16.4. The highest BCUT2D eigenvalue weighted by Gasteiger charge is 2.38. The Morgan fingerprint density at radius 2 is 1.84 bits per heavy atom. The third-order valence-corrected chi connectivity index (χ3v) is 4.06. The van der Waals surface area contributed by atoms with E-state index >= 15 is 0 Å². The Bertz CT molecular complexity index is 304. The molecule has 0 aromatic rings. The van der Waals surface area contributed by atoms with Crippen LogP contribution in [0, 0.1) is 11.8 Å². The molecule has 0 aliphatic heterocycles. The van der Waals surface area contributed by atoms with Crippen LogP contribution in [0.15, 0.2) is 0 Å². The van der Waals surface area contributed by atoms with E-state index in [4.69, 9.17) is 5.11 Å². The fraction of sp³-hybridized carbons (Fsp3) is 0.867. The van der Waals surface area contributed by atoms with Crippen molar-refractivity contribution in [2.45, 2.75) is 71.3 Å². The fourth-order valence-electron chi connectivity index (χ4n) is 2.97. The van der Waals surface area contributed by atoms with E-state index in [0.717, 1.165) is 44.9 Å². The van der Waals surface area contributed by atoms with Crippen molar-refractivity contribution < 1.29 is 14.7 Å². The van der Waals surface area contributed by atoms with Gasteiger partial charge in [0.1, 0.15) is 0 Å². The van der Waals surface area contributed by atoms with Crippen LogP contribution in [-0.2, 0) is 9.59 Å². The largest absolute Gasteiger partial charge is 0.481 e. The van der Waals surface area contributed by atoms with E-state index in [-0.39, 0.29) is 17.9 Å². The van der Waals surface area contributed by atoms with Crippen LogP contribution in [0.4, 0.5) is 0 Å². The first-order valence-electron chi connectivity index (χ1n) is 7.63. The molecule has 0 saturated heterocycles. The van der Waals surface area contributed by atoms with E-state index in [1.54, 1.807) is 0 Å². The zero-order chi connectivity index (χ0) is 14.3. The maximum absolute atomic E-state index is 12.2. The smallest absolute Gasteiger partial charge is 0.307 e. The van der Waals surface area contributed by atoms with Crippen LogP contribution in [0.1, 0.15) is 65.2 Å². The van der Waals surface area contributed by atoms with Crippen LogP contribution in [0.2, 0.25) is 0 Å². The minimum absolute atomic E-state index is 0.0422. The van der Waals surface area contributed by atoms with E-state index < -0.39 is 11.9 Å². The van der Waals surface area contributed by atoms with Crippen LogP contribution in [0.3, 0.4) is 0 Å². The Kier molecular flexibility index (Phi) is 6.89. The van der Waals surface area contributed by atoms with Gasteiger partial charge in [-0.15, -0.1) is 0 Å². The number of hydrogen-bond donors (Lipinski definition) is 2. The number of carboxylic acids is 1. The highest BCUT2D eigenvalue weighted by molar-refractivity contribution is 5.85. The number of carboxylic acid groups (broad SMARTS) is 1. The lowest BCUT2D eigenvalue weighted by Crippen LogP contribution is -2.41. The molecule has 1 saturated carbocycles. The first-order valence-corrected chi connectivity index (χ1v) is 7.63. The molecule has 0 aromatic carbocycles. The normalized spacial score (nSPS) is 24.1. The van der Waals surface area contributed by atoms with Gasteiger partial charge in [0.25, 0.3) is 0 Å². The summed E-state index contributed by atoms with van der Waals surface area (Å²) in [5.74, 6) is -1.66. The second-order valence-corrected chi connectivity index (χ2v) is 5.62. The molecule has 0 aromatic heterocycles. The van der Waals surface area contributed by atoms with Crippen molar-refractivity contribution in [1.82, 2.24) is 5.32 Å². The molecule has 1 aliphatic carbocycles. The van der Waals surface area contributed by atoms with Crippen molar-refractivity contribution in [3.8, 4) is 0 Å². The molecule has 4 nitrogen and oxygen atoms in total. The third-order valence-electron chi connectivity index (χ3n) is 4.06. The summed E-state index contributed by atoms with van der Waals surface area (Å²) >= 11 is 0. The predicted octanol–water partition coefficient (Wildman–Crippen LogP) is 2.96. The van der Waals surface area contributed by atoms with Crippen molar-refractivity contribution in [3.63, 3.8) is 0 Å². The minimum atomic E-state index is -0.821. The Morgan fingerprint density at radius 3 is 2.42 bits per heavy atom. The lowest BCUT2D eigenvalue weighted by atomic mass is 9.94. The molecular formula is C15H27NO3. The van der Waals surface area contributed by atoms with Crippen molar-refractivity contribution >= 4 is 11.9 Å². The fourth-order valence-corrected chi connectivity index (χ4v) is 2.97. The van der Waals surface area contributed by atoms with E-state index in [0.29, 0.717) is 6.42 Å². The van der Waals surface area contributed by atoms with Crippen LogP contribution >= 0.6 is 0 Å². The van der Waals surface area contributed by atoms with Crippen molar-refractivity contribution in [3.05, 3.63) is 0 Å². The molecule has 0 radical (unpaired) electrons. The maximum Gasteiger partial charge on any atom is 0.307 e. The maximum atomic E-state index is 12.2. The van der Waals surface area contributed by atoms with Crippen LogP contribution in [-0.4, -0.2) is 23.0 Å². The molecule has 1 unspecified atom stereocenters. The molecule has 4 heteroatoms. The van der Waals surface area contributed by atoms with Gasteiger partial charge in [-0.3, -0.25) is 9.59 Å². The highest BCUT2D eigenvalue weighted by Crippen LogP contribution is 2.32. The van der Waals surface area contributed by atoms with Gasteiger partial charge in [0.15, 0.2) is 0 Å².